The van der Waals surface area contributed by atoms with Crippen LogP contribution in [0.15, 0.2) is 71.0 Å². The van der Waals surface area contributed by atoms with E-state index in [2.05, 4.69) is 10.3 Å². The fourth-order valence-electron chi connectivity index (χ4n) is 2.68. The van der Waals surface area contributed by atoms with Crippen LogP contribution >= 0.6 is 11.3 Å². The molecule has 4 rings (SSSR count). The van der Waals surface area contributed by atoms with Crippen LogP contribution in [0.1, 0.15) is 26.4 Å². The number of ether oxygens (including phenoxy) is 1. The van der Waals surface area contributed by atoms with Gasteiger partial charge in [-0.1, -0.05) is 0 Å². The number of hydrogen-bond donors (Lipinski definition) is 1. The summed E-state index contributed by atoms with van der Waals surface area (Å²) < 4.78 is 19.6. The fraction of sp³-hybridized carbons (Fsp3) is 0.0476. The molecule has 30 heavy (non-hydrogen) atoms. The number of amides is 1. The van der Waals surface area contributed by atoms with Crippen molar-refractivity contribution in [2.45, 2.75) is 6.61 Å². The molecular formula is C21H14FN3O4S. The zero-order valence-corrected chi connectivity index (χ0v) is 16.2. The maximum atomic E-state index is 12.9. The van der Waals surface area contributed by atoms with Gasteiger partial charge in [0.05, 0.1) is 11.3 Å². The first kappa shape index (κ1) is 19.5. The molecule has 150 valence electrons. The molecule has 2 aromatic heterocycles. The lowest BCUT2D eigenvalue weighted by Crippen LogP contribution is -2.15. The van der Waals surface area contributed by atoms with Crippen LogP contribution in [-0.2, 0) is 11.3 Å². The number of carbonyl (C=O) groups excluding carboxylic acids is 2. The van der Waals surface area contributed by atoms with Crippen molar-refractivity contribution in [3.05, 3.63) is 99.2 Å². The van der Waals surface area contributed by atoms with Crippen LogP contribution in [0.3, 0.4) is 0 Å². The minimum Gasteiger partial charge on any atom is -0.456 e. The second kappa shape index (κ2) is 8.26. The van der Waals surface area contributed by atoms with Gasteiger partial charge in [0.25, 0.3) is 11.5 Å². The highest BCUT2D eigenvalue weighted by atomic mass is 32.1. The van der Waals surface area contributed by atoms with Crippen molar-refractivity contribution >= 4 is 33.9 Å². The molecule has 9 heteroatoms. The van der Waals surface area contributed by atoms with Gasteiger partial charge in [-0.2, -0.15) is 0 Å². The molecule has 4 aromatic rings. The first-order valence-corrected chi connectivity index (χ1v) is 9.67. The molecule has 7 nitrogen and oxygen atoms in total. The van der Waals surface area contributed by atoms with Crippen molar-refractivity contribution in [1.82, 2.24) is 9.38 Å². The smallest absolute Gasteiger partial charge is 0.338 e. The minimum atomic E-state index is -0.584. The minimum absolute atomic E-state index is 0.133. The molecule has 0 bridgehead atoms. The Morgan fingerprint density at radius 3 is 2.50 bits per heavy atom. The zero-order valence-electron chi connectivity index (χ0n) is 15.4. The quantitative estimate of drug-likeness (QED) is 0.496. The Hall–Kier alpha value is -3.85. The Morgan fingerprint density at radius 1 is 1.07 bits per heavy atom. The Bertz CT molecular complexity index is 1280. The van der Waals surface area contributed by atoms with Gasteiger partial charge in [-0.05, 0) is 48.5 Å². The molecule has 2 aromatic carbocycles. The van der Waals surface area contributed by atoms with Gasteiger partial charge >= 0.3 is 5.97 Å². The number of carbonyl (C=O) groups is 2. The third-order valence-electron chi connectivity index (χ3n) is 4.19. The average Bonchev–Trinajstić information content (AvgIpc) is 3.22. The van der Waals surface area contributed by atoms with E-state index in [9.17, 15) is 18.8 Å². The first-order valence-electron chi connectivity index (χ1n) is 8.79. The summed E-state index contributed by atoms with van der Waals surface area (Å²) in [5, 5.41) is 4.41. The highest BCUT2D eigenvalue weighted by Crippen LogP contribution is 2.14. The van der Waals surface area contributed by atoms with E-state index < -0.39 is 17.7 Å². The van der Waals surface area contributed by atoms with Crippen LogP contribution in [0.25, 0.3) is 4.96 Å². The van der Waals surface area contributed by atoms with E-state index in [0.717, 1.165) is 0 Å². The van der Waals surface area contributed by atoms with Crippen molar-refractivity contribution in [3.63, 3.8) is 0 Å². The molecule has 0 saturated heterocycles. The predicted molar refractivity (Wildman–Crippen MR) is 109 cm³/mol. The van der Waals surface area contributed by atoms with Gasteiger partial charge in [-0.15, -0.1) is 11.3 Å². The van der Waals surface area contributed by atoms with Crippen molar-refractivity contribution in [2.75, 3.05) is 5.32 Å². The molecule has 0 unspecified atom stereocenters. The number of anilines is 1. The number of thiazole rings is 1. The number of esters is 1. The lowest BCUT2D eigenvalue weighted by Gasteiger charge is -2.07. The summed E-state index contributed by atoms with van der Waals surface area (Å²) in [5.41, 5.74) is 1.18. The number of nitrogens with one attached hydrogen (secondary N) is 1. The zero-order chi connectivity index (χ0) is 21.1. The number of halogens is 1. The summed E-state index contributed by atoms with van der Waals surface area (Å²) in [6, 6.07) is 12.6. The first-order chi connectivity index (χ1) is 14.5. The number of rotatable bonds is 5. The normalized spacial score (nSPS) is 10.7. The van der Waals surface area contributed by atoms with Crippen LogP contribution < -0.4 is 10.9 Å². The van der Waals surface area contributed by atoms with Crippen LogP contribution in [0.4, 0.5) is 10.1 Å². The van der Waals surface area contributed by atoms with Crippen molar-refractivity contribution in [2.24, 2.45) is 0 Å². The molecule has 0 aliphatic rings. The van der Waals surface area contributed by atoms with Gasteiger partial charge < -0.3 is 10.1 Å². The van der Waals surface area contributed by atoms with Gasteiger partial charge in [-0.3, -0.25) is 14.0 Å². The molecule has 0 saturated carbocycles. The lowest BCUT2D eigenvalue weighted by molar-refractivity contribution is 0.0467. The number of benzene rings is 2. The maximum absolute atomic E-state index is 12.9. The van der Waals surface area contributed by atoms with Crippen molar-refractivity contribution in [1.29, 1.82) is 0 Å². The van der Waals surface area contributed by atoms with Gasteiger partial charge in [-0.25, -0.2) is 14.2 Å². The third kappa shape index (κ3) is 4.26. The summed E-state index contributed by atoms with van der Waals surface area (Å²) in [4.78, 5) is 41.2. The Balaban J connectivity index is 1.38. The van der Waals surface area contributed by atoms with Crippen LogP contribution in [0.2, 0.25) is 0 Å². The predicted octanol–water partition coefficient (Wildman–Crippen LogP) is 3.50. The molecular weight excluding hydrogens is 409 g/mol. The van der Waals surface area contributed by atoms with Gasteiger partial charge in [0, 0.05) is 28.9 Å². The van der Waals surface area contributed by atoms with Crippen LogP contribution in [0, 0.1) is 5.82 Å². The molecule has 0 aliphatic heterocycles. The number of aromatic nitrogens is 2. The largest absolute Gasteiger partial charge is 0.456 e. The van der Waals surface area contributed by atoms with Gasteiger partial charge in [0.2, 0.25) is 0 Å². The molecule has 0 spiro atoms. The van der Waals surface area contributed by atoms with Crippen LogP contribution in [-0.4, -0.2) is 21.3 Å². The fourth-order valence-corrected chi connectivity index (χ4v) is 3.42. The third-order valence-corrected chi connectivity index (χ3v) is 4.95. The molecule has 2 heterocycles. The van der Waals surface area contributed by atoms with Crippen molar-refractivity contribution in [3.8, 4) is 0 Å². The molecule has 0 atom stereocenters. The van der Waals surface area contributed by atoms with E-state index in [4.69, 9.17) is 4.74 Å². The summed E-state index contributed by atoms with van der Waals surface area (Å²) in [7, 11) is 0. The summed E-state index contributed by atoms with van der Waals surface area (Å²) in [6.07, 6.45) is 1.63. The number of fused-ring (bicyclic) bond motifs is 1. The molecule has 0 aliphatic carbocycles. The van der Waals surface area contributed by atoms with Crippen LogP contribution in [0.5, 0.6) is 0 Å². The highest BCUT2D eigenvalue weighted by molar-refractivity contribution is 7.15. The Labute approximate surface area is 173 Å². The summed E-state index contributed by atoms with van der Waals surface area (Å²) in [6.45, 7) is -0.133. The Kier molecular flexibility index (Phi) is 5.36. The number of hydrogen-bond acceptors (Lipinski definition) is 6. The van der Waals surface area contributed by atoms with E-state index in [-0.39, 0.29) is 17.7 Å². The van der Waals surface area contributed by atoms with E-state index in [1.54, 1.807) is 23.7 Å². The Morgan fingerprint density at radius 2 is 1.77 bits per heavy atom. The standard InChI is InChI=1S/C21H14FN3O4S/c22-15-5-1-13(2-6-15)19(27)23-16-7-3-14(4-8-16)20(28)29-12-17-11-18(26)25-9-10-30-21(25)24-17/h1-11H,12H2,(H,23,27). The second-order valence-corrected chi connectivity index (χ2v) is 7.13. The van der Waals surface area contributed by atoms with E-state index in [0.29, 0.717) is 21.9 Å². The van der Waals surface area contributed by atoms with Gasteiger partial charge in [0.1, 0.15) is 12.4 Å². The van der Waals surface area contributed by atoms with Crippen molar-refractivity contribution < 1.29 is 18.7 Å². The van der Waals surface area contributed by atoms with E-state index in [1.807, 2.05) is 0 Å². The second-order valence-electron chi connectivity index (χ2n) is 6.26. The molecule has 1 N–H and O–H groups in total. The topological polar surface area (TPSA) is 89.8 Å². The highest BCUT2D eigenvalue weighted by Gasteiger charge is 2.11. The van der Waals surface area contributed by atoms with E-state index >= 15 is 0 Å². The molecule has 1 amide bonds. The SMILES string of the molecule is O=C(Nc1ccc(C(=O)OCc2cc(=O)n3ccsc3n2)cc1)c1ccc(F)cc1. The van der Waals surface area contributed by atoms with E-state index in [1.165, 1.54) is 58.2 Å². The molecule has 0 radical (unpaired) electrons. The maximum Gasteiger partial charge on any atom is 0.338 e. The lowest BCUT2D eigenvalue weighted by atomic mass is 10.2. The van der Waals surface area contributed by atoms with Gasteiger partial charge in [0.15, 0.2) is 4.96 Å². The summed E-state index contributed by atoms with van der Waals surface area (Å²) >= 11 is 1.31. The monoisotopic (exact) mass is 423 g/mol. The molecule has 0 fully saturated rings. The number of nitrogens with zero attached hydrogens (tertiary/aromatic N) is 2. The summed E-state index contributed by atoms with van der Waals surface area (Å²) in [5.74, 6) is -1.41. The average molecular weight is 423 g/mol.